The first-order chi connectivity index (χ1) is 12.0. The predicted molar refractivity (Wildman–Crippen MR) is 99.5 cm³/mol. The third-order valence-electron chi connectivity index (χ3n) is 4.28. The number of hydrogen-bond donors (Lipinski definition) is 1. The van der Waals surface area contributed by atoms with Crippen LogP contribution in [0.4, 0.5) is 4.39 Å². The lowest BCUT2D eigenvalue weighted by molar-refractivity contribution is 0.0948. The van der Waals surface area contributed by atoms with Crippen LogP contribution < -0.4 is 5.32 Å². The van der Waals surface area contributed by atoms with Crippen LogP contribution in [0.3, 0.4) is 0 Å². The number of nitrogens with one attached hydrogen (secondary N) is 1. The molecular weight excluding hydrogens is 315 g/mol. The average molecular weight is 336 g/mol. The molecule has 3 nitrogen and oxygen atoms in total. The Hall–Kier alpha value is -3.01. The number of benzene rings is 1. The van der Waals surface area contributed by atoms with E-state index in [-0.39, 0.29) is 19.2 Å². The van der Waals surface area contributed by atoms with Gasteiger partial charge in [0, 0.05) is 18.8 Å². The third-order valence-corrected chi connectivity index (χ3v) is 4.28. The van der Waals surface area contributed by atoms with Gasteiger partial charge < -0.3 is 5.32 Å². The Bertz CT molecular complexity index is 871. The Morgan fingerprint density at radius 2 is 1.92 bits per heavy atom. The van der Waals surface area contributed by atoms with Gasteiger partial charge in [-0.2, -0.15) is 0 Å². The quantitative estimate of drug-likeness (QED) is 0.893. The van der Waals surface area contributed by atoms with Crippen molar-refractivity contribution in [2.75, 3.05) is 0 Å². The van der Waals surface area contributed by atoms with Gasteiger partial charge in [0.2, 0.25) is 0 Å². The maximum Gasteiger partial charge on any atom is 0.251 e. The minimum atomic E-state index is -0.359. The highest BCUT2D eigenvalue weighted by Gasteiger charge is 2.17. The van der Waals surface area contributed by atoms with Crippen LogP contribution in [0.5, 0.6) is 0 Å². The monoisotopic (exact) mass is 336 g/mol. The van der Waals surface area contributed by atoms with Crippen molar-refractivity contribution in [3.63, 3.8) is 0 Å². The highest BCUT2D eigenvalue weighted by Crippen LogP contribution is 2.23. The molecule has 0 aliphatic heterocycles. The minimum absolute atomic E-state index is 0. The van der Waals surface area contributed by atoms with E-state index < -0.39 is 0 Å². The zero-order valence-electron chi connectivity index (χ0n) is 14.2. The van der Waals surface area contributed by atoms with Crippen LogP contribution in [0.25, 0.3) is 5.57 Å². The Labute approximate surface area is 148 Å². The second kappa shape index (κ2) is 7.26. The molecule has 0 radical (unpaired) electrons. The van der Waals surface area contributed by atoms with Crippen LogP contribution >= 0.6 is 0 Å². The number of pyridine rings is 1. The Balaban J connectivity index is 0.00000243. The number of allylic oxidation sites excluding steroid dienone is 4. The van der Waals surface area contributed by atoms with Crippen LogP contribution in [0.2, 0.25) is 0 Å². The Morgan fingerprint density at radius 3 is 2.60 bits per heavy atom. The van der Waals surface area contributed by atoms with E-state index in [4.69, 9.17) is 0 Å². The normalized spacial score (nSPS) is 17.1. The van der Waals surface area contributed by atoms with Gasteiger partial charge in [0.05, 0.1) is 11.7 Å². The highest BCUT2D eigenvalue weighted by molar-refractivity contribution is 5.94. The topological polar surface area (TPSA) is 42.0 Å². The SMILES string of the molecule is CC1=C(C)C(NC(=O)c2ccc(F)cc2)C=CC(c2ccccn2)=C1.[HH]. The fourth-order valence-corrected chi connectivity index (χ4v) is 2.66. The molecule has 1 aliphatic rings. The second-order valence-corrected chi connectivity index (χ2v) is 6.00. The van der Waals surface area contributed by atoms with Crippen molar-refractivity contribution >= 4 is 11.5 Å². The van der Waals surface area contributed by atoms with Gasteiger partial charge in [-0.3, -0.25) is 9.78 Å². The standard InChI is InChI=1S/C21H19FN2O.H2/c1-14-13-17(20-5-3-4-12-23-20)8-11-19(15(14)2)24-21(25)16-6-9-18(22)10-7-16;/h3-13,19H,1-2H3,(H,24,25);1H. The number of carbonyl (C=O) groups is 1. The summed E-state index contributed by atoms with van der Waals surface area (Å²) in [5.41, 5.74) is 4.45. The molecule has 1 aliphatic carbocycles. The van der Waals surface area contributed by atoms with Crippen molar-refractivity contribution < 1.29 is 10.6 Å². The summed E-state index contributed by atoms with van der Waals surface area (Å²) in [6, 6.07) is 11.1. The summed E-state index contributed by atoms with van der Waals surface area (Å²) in [5, 5.41) is 2.99. The average Bonchev–Trinajstić information content (AvgIpc) is 2.77. The molecule has 1 heterocycles. The zero-order valence-corrected chi connectivity index (χ0v) is 14.2. The minimum Gasteiger partial charge on any atom is -0.342 e. The molecule has 0 bridgehead atoms. The van der Waals surface area contributed by atoms with Crippen LogP contribution in [-0.4, -0.2) is 16.9 Å². The maximum absolute atomic E-state index is 13.0. The van der Waals surface area contributed by atoms with Crippen LogP contribution in [-0.2, 0) is 0 Å². The molecule has 4 heteroatoms. The van der Waals surface area contributed by atoms with E-state index in [0.717, 1.165) is 22.4 Å². The number of carbonyl (C=O) groups excluding carboxylic acids is 1. The number of aromatic nitrogens is 1. The fraction of sp³-hybridized carbons (Fsp3) is 0.143. The van der Waals surface area contributed by atoms with Gasteiger partial charge >= 0.3 is 0 Å². The number of halogens is 1. The fourth-order valence-electron chi connectivity index (χ4n) is 2.66. The molecule has 0 saturated heterocycles. The number of hydrogen-bond acceptors (Lipinski definition) is 2. The van der Waals surface area contributed by atoms with Crippen LogP contribution in [0.1, 0.15) is 31.3 Å². The van der Waals surface area contributed by atoms with Gasteiger partial charge in [0.1, 0.15) is 5.82 Å². The predicted octanol–water partition coefficient (Wildman–Crippen LogP) is 4.55. The molecule has 0 spiro atoms. The summed E-state index contributed by atoms with van der Waals surface area (Å²) in [5.74, 6) is -0.592. The highest BCUT2D eigenvalue weighted by atomic mass is 19.1. The molecule has 2 aromatic rings. The van der Waals surface area contributed by atoms with Crippen LogP contribution in [0, 0.1) is 5.82 Å². The molecule has 1 aromatic carbocycles. The van der Waals surface area contributed by atoms with Crippen molar-refractivity contribution in [2.24, 2.45) is 0 Å². The van der Waals surface area contributed by atoms with Gasteiger partial charge in [0.15, 0.2) is 0 Å². The summed E-state index contributed by atoms with van der Waals surface area (Å²) in [6.07, 6.45) is 7.75. The van der Waals surface area contributed by atoms with E-state index in [1.54, 1.807) is 6.20 Å². The van der Waals surface area contributed by atoms with Gasteiger partial charge in [-0.25, -0.2) is 4.39 Å². The van der Waals surface area contributed by atoms with Gasteiger partial charge in [-0.05, 0) is 67.5 Å². The third kappa shape index (κ3) is 3.91. The first-order valence-electron chi connectivity index (χ1n) is 8.09. The van der Waals surface area contributed by atoms with Gasteiger partial charge in [-0.1, -0.05) is 18.2 Å². The van der Waals surface area contributed by atoms with Crippen molar-refractivity contribution in [3.05, 3.63) is 95.1 Å². The maximum atomic E-state index is 13.0. The summed E-state index contributed by atoms with van der Waals surface area (Å²) >= 11 is 0. The Morgan fingerprint density at radius 1 is 1.16 bits per heavy atom. The van der Waals surface area contributed by atoms with Crippen LogP contribution in [0.15, 0.2) is 78.0 Å². The van der Waals surface area contributed by atoms with Crippen molar-refractivity contribution in [1.29, 1.82) is 0 Å². The molecule has 1 unspecified atom stereocenters. The summed E-state index contributed by atoms with van der Waals surface area (Å²) in [7, 11) is 0. The van der Waals surface area contributed by atoms with Crippen molar-refractivity contribution in [1.82, 2.24) is 10.3 Å². The molecule has 3 rings (SSSR count). The molecule has 128 valence electrons. The molecule has 0 saturated carbocycles. The van der Waals surface area contributed by atoms with E-state index in [1.165, 1.54) is 24.3 Å². The first kappa shape index (κ1) is 16.8. The molecule has 1 atom stereocenters. The first-order valence-corrected chi connectivity index (χ1v) is 8.09. The van der Waals surface area contributed by atoms with Crippen molar-refractivity contribution in [2.45, 2.75) is 19.9 Å². The lowest BCUT2D eigenvalue weighted by Gasteiger charge is -2.17. The van der Waals surface area contributed by atoms with Gasteiger partial charge in [-0.15, -0.1) is 0 Å². The van der Waals surface area contributed by atoms with Gasteiger partial charge in [0.25, 0.3) is 5.91 Å². The summed E-state index contributed by atoms with van der Waals surface area (Å²) in [4.78, 5) is 16.8. The number of nitrogens with zero attached hydrogens (tertiary/aromatic N) is 1. The molecular formula is C21H21FN2O. The molecule has 0 fully saturated rings. The molecule has 25 heavy (non-hydrogen) atoms. The van der Waals surface area contributed by atoms with E-state index in [0.29, 0.717) is 5.56 Å². The van der Waals surface area contributed by atoms with E-state index in [2.05, 4.69) is 16.4 Å². The largest absolute Gasteiger partial charge is 0.342 e. The van der Waals surface area contributed by atoms with E-state index in [1.807, 2.05) is 44.2 Å². The van der Waals surface area contributed by atoms with E-state index >= 15 is 0 Å². The summed E-state index contributed by atoms with van der Waals surface area (Å²) < 4.78 is 13.0. The lowest BCUT2D eigenvalue weighted by atomic mass is 10.0. The van der Waals surface area contributed by atoms with E-state index in [9.17, 15) is 9.18 Å². The number of rotatable bonds is 3. The van der Waals surface area contributed by atoms with Crippen molar-refractivity contribution in [3.8, 4) is 0 Å². The lowest BCUT2D eigenvalue weighted by Crippen LogP contribution is -2.34. The smallest absolute Gasteiger partial charge is 0.251 e. The zero-order chi connectivity index (χ0) is 17.8. The summed E-state index contributed by atoms with van der Waals surface area (Å²) in [6.45, 7) is 4.01. The molecule has 1 amide bonds. The molecule has 1 aromatic heterocycles. The second-order valence-electron chi connectivity index (χ2n) is 6.00. The Kier molecular flexibility index (Phi) is 4.89. The molecule has 1 N–H and O–H groups in total. The number of amides is 1.